The largest absolute Gasteiger partial charge is 0.223 e. The Hall–Kier alpha value is -1.67. The summed E-state index contributed by atoms with van der Waals surface area (Å²) < 4.78 is 3.94. The molecule has 3 heterocycles. The predicted molar refractivity (Wildman–Crippen MR) is 94.4 cm³/mol. The van der Waals surface area contributed by atoms with E-state index in [1.165, 1.54) is 27.1 Å². The van der Waals surface area contributed by atoms with E-state index in [2.05, 4.69) is 74.0 Å². The minimum atomic E-state index is 0.155. The molecule has 0 saturated heterocycles. The molecule has 4 rings (SSSR count). The summed E-state index contributed by atoms with van der Waals surface area (Å²) >= 11 is 1.95. The molecule has 2 atom stereocenters. The second kappa shape index (κ2) is 4.92. The first-order valence-electron chi connectivity index (χ1n) is 8.23. The van der Waals surface area contributed by atoms with Crippen LogP contribution in [0.25, 0.3) is 20.7 Å². The van der Waals surface area contributed by atoms with Crippen molar-refractivity contribution >= 4 is 21.4 Å². The molecule has 1 nitrogen and oxygen atoms in total. The number of hydrogen-bond donors (Lipinski definition) is 0. The molecular formula is C20H22NS+. The molecule has 0 radical (unpaired) electrons. The average Bonchev–Trinajstić information content (AvgIpc) is 2.95. The molecule has 3 aromatic rings. The van der Waals surface area contributed by atoms with Crippen molar-refractivity contribution in [3.8, 4) is 10.6 Å². The molecule has 1 aromatic carbocycles. The van der Waals surface area contributed by atoms with Crippen molar-refractivity contribution in [3.63, 3.8) is 0 Å². The first kappa shape index (κ1) is 14.0. The number of thiophene rings is 1. The summed E-state index contributed by atoms with van der Waals surface area (Å²) in [4.78, 5) is 1.47. The van der Waals surface area contributed by atoms with Crippen molar-refractivity contribution in [2.24, 2.45) is 0 Å². The first-order chi connectivity index (χ1) is 10.7. The molecule has 0 aliphatic carbocycles. The Balaban J connectivity index is 2.14. The number of rotatable bonds is 2. The normalized spacial score (nSPS) is 23.3. The minimum absolute atomic E-state index is 0.155. The standard InChI is InChI=1S/C20H22NS/c1-4-15-18-14-10-6-7-12-17(14)22-19(18)16-11-8-9-13-21(16)20(15,3)5-2/h6-13,15H,4-5H2,1-3H3/q+1. The second-order valence-corrected chi connectivity index (χ2v) is 7.52. The molecule has 2 heteroatoms. The van der Waals surface area contributed by atoms with E-state index in [4.69, 9.17) is 0 Å². The van der Waals surface area contributed by atoms with Crippen molar-refractivity contribution in [2.45, 2.75) is 45.1 Å². The molecule has 0 bridgehead atoms. The zero-order valence-corrected chi connectivity index (χ0v) is 14.3. The quantitative estimate of drug-likeness (QED) is 0.551. The van der Waals surface area contributed by atoms with Crippen LogP contribution in [-0.2, 0) is 5.54 Å². The maximum absolute atomic E-state index is 2.53. The maximum Gasteiger partial charge on any atom is 0.223 e. The van der Waals surface area contributed by atoms with Crippen LogP contribution in [0.2, 0.25) is 0 Å². The van der Waals surface area contributed by atoms with Crippen molar-refractivity contribution in [1.82, 2.24) is 0 Å². The highest BCUT2D eigenvalue weighted by Gasteiger charge is 2.49. The lowest BCUT2D eigenvalue weighted by atomic mass is 9.73. The number of aromatic nitrogens is 1. The Morgan fingerprint density at radius 2 is 1.86 bits per heavy atom. The lowest BCUT2D eigenvalue weighted by Crippen LogP contribution is -2.60. The zero-order valence-electron chi connectivity index (χ0n) is 13.5. The predicted octanol–water partition coefficient (Wildman–Crippen LogP) is 5.49. The zero-order chi connectivity index (χ0) is 15.3. The molecular weight excluding hydrogens is 286 g/mol. The number of benzene rings is 1. The second-order valence-electron chi connectivity index (χ2n) is 6.47. The van der Waals surface area contributed by atoms with Crippen LogP contribution in [-0.4, -0.2) is 0 Å². The summed E-state index contributed by atoms with van der Waals surface area (Å²) in [5, 5.41) is 1.46. The summed E-state index contributed by atoms with van der Waals surface area (Å²) in [7, 11) is 0. The summed E-state index contributed by atoms with van der Waals surface area (Å²) in [5.41, 5.74) is 3.12. The van der Waals surface area contributed by atoms with Crippen LogP contribution in [0.1, 0.15) is 45.1 Å². The van der Waals surface area contributed by atoms with Gasteiger partial charge in [-0.15, -0.1) is 11.3 Å². The van der Waals surface area contributed by atoms with Crippen molar-refractivity contribution in [3.05, 3.63) is 54.2 Å². The Bertz CT molecular complexity index is 848. The van der Waals surface area contributed by atoms with Crippen LogP contribution in [0.4, 0.5) is 0 Å². The van der Waals surface area contributed by atoms with Crippen LogP contribution in [0.15, 0.2) is 48.7 Å². The third-order valence-electron chi connectivity index (χ3n) is 5.50. The van der Waals surface area contributed by atoms with Gasteiger partial charge in [-0.05, 0) is 29.5 Å². The molecule has 0 fully saturated rings. The third kappa shape index (κ3) is 1.67. The van der Waals surface area contributed by atoms with E-state index in [1.807, 2.05) is 11.3 Å². The van der Waals surface area contributed by atoms with Gasteiger partial charge in [0.1, 0.15) is 4.88 Å². The van der Waals surface area contributed by atoms with E-state index in [0.717, 1.165) is 6.42 Å². The molecule has 0 N–H and O–H groups in total. The smallest absolute Gasteiger partial charge is 0.192 e. The maximum atomic E-state index is 2.53. The Labute approximate surface area is 136 Å². The van der Waals surface area contributed by atoms with E-state index < -0.39 is 0 Å². The molecule has 112 valence electrons. The van der Waals surface area contributed by atoms with Gasteiger partial charge >= 0.3 is 0 Å². The van der Waals surface area contributed by atoms with Gasteiger partial charge in [-0.25, -0.2) is 0 Å². The van der Waals surface area contributed by atoms with Gasteiger partial charge in [-0.1, -0.05) is 32.0 Å². The lowest BCUT2D eigenvalue weighted by molar-refractivity contribution is -0.758. The SMILES string of the molecule is CCC1c2c(sc3ccccc23)-c2cccc[n+]2C1(C)CC. The van der Waals surface area contributed by atoms with E-state index in [1.54, 1.807) is 5.56 Å². The topological polar surface area (TPSA) is 3.88 Å². The van der Waals surface area contributed by atoms with Gasteiger partial charge in [0.25, 0.3) is 0 Å². The van der Waals surface area contributed by atoms with Crippen LogP contribution >= 0.6 is 11.3 Å². The van der Waals surface area contributed by atoms with Gasteiger partial charge in [0.05, 0.1) is 5.92 Å². The third-order valence-corrected chi connectivity index (χ3v) is 6.71. The van der Waals surface area contributed by atoms with Crippen LogP contribution in [0, 0.1) is 0 Å². The van der Waals surface area contributed by atoms with Crippen LogP contribution < -0.4 is 4.57 Å². The van der Waals surface area contributed by atoms with Crippen molar-refractivity contribution < 1.29 is 4.57 Å². The number of fused-ring (bicyclic) bond motifs is 5. The number of hydrogen-bond acceptors (Lipinski definition) is 1. The van der Waals surface area contributed by atoms with Gasteiger partial charge < -0.3 is 0 Å². The van der Waals surface area contributed by atoms with E-state index >= 15 is 0 Å². The molecule has 2 unspecified atom stereocenters. The molecule has 0 spiro atoms. The fourth-order valence-electron chi connectivity index (χ4n) is 4.21. The summed E-state index contributed by atoms with van der Waals surface area (Å²) in [6.07, 6.45) is 4.60. The minimum Gasteiger partial charge on any atom is -0.192 e. The highest BCUT2D eigenvalue weighted by molar-refractivity contribution is 7.22. The van der Waals surface area contributed by atoms with E-state index in [-0.39, 0.29) is 5.54 Å². The molecule has 0 saturated carbocycles. The van der Waals surface area contributed by atoms with E-state index in [9.17, 15) is 0 Å². The van der Waals surface area contributed by atoms with Gasteiger partial charge in [0.15, 0.2) is 11.7 Å². The van der Waals surface area contributed by atoms with E-state index in [0.29, 0.717) is 5.92 Å². The fourth-order valence-corrected chi connectivity index (χ4v) is 5.50. The lowest BCUT2D eigenvalue weighted by Gasteiger charge is -2.36. The van der Waals surface area contributed by atoms with Crippen molar-refractivity contribution in [2.75, 3.05) is 0 Å². The highest BCUT2D eigenvalue weighted by atomic mass is 32.1. The Morgan fingerprint density at radius 3 is 2.64 bits per heavy atom. The summed E-state index contributed by atoms with van der Waals surface area (Å²) in [6, 6.07) is 15.5. The molecule has 2 aromatic heterocycles. The van der Waals surface area contributed by atoms with Gasteiger partial charge in [-0.2, -0.15) is 4.57 Å². The first-order valence-corrected chi connectivity index (χ1v) is 9.05. The molecule has 1 aliphatic rings. The summed E-state index contributed by atoms with van der Waals surface area (Å²) in [5.74, 6) is 0.573. The Kier molecular flexibility index (Phi) is 3.12. The summed E-state index contributed by atoms with van der Waals surface area (Å²) in [6.45, 7) is 7.09. The number of pyridine rings is 1. The monoisotopic (exact) mass is 308 g/mol. The van der Waals surface area contributed by atoms with Crippen LogP contribution in [0.3, 0.4) is 0 Å². The fraction of sp³-hybridized carbons (Fsp3) is 0.350. The molecule has 22 heavy (non-hydrogen) atoms. The average molecular weight is 308 g/mol. The van der Waals surface area contributed by atoms with Crippen molar-refractivity contribution in [1.29, 1.82) is 0 Å². The Morgan fingerprint density at radius 1 is 1.09 bits per heavy atom. The molecule has 0 amide bonds. The van der Waals surface area contributed by atoms with Gasteiger partial charge in [0, 0.05) is 30.2 Å². The van der Waals surface area contributed by atoms with Crippen LogP contribution in [0.5, 0.6) is 0 Å². The van der Waals surface area contributed by atoms with Gasteiger partial charge in [0.2, 0.25) is 5.69 Å². The number of nitrogens with zero attached hydrogens (tertiary/aromatic N) is 1. The molecule has 1 aliphatic heterocycles. The van der Waals surface area contributed by atoms with Gasteiger partial charge in [-0.3, -0.25) is 0 Å². The highest BCUT2D eigenvalue weighted by Crippen LogP contribution is 2.51.